The van der Waals surface area contributed by atoms with Crippen LogP contribution in [0.2, 0.25) is 0 Å². The maximum absolute atomic E-state index is 10.4. The summed E-state index contributed by atoms with van der Waals surface area (Å²) < 4.78 is 5.41. The fraction of sp³-hybridized carbons (Fsp3) is 0.600. The third kappa shape index (κ3) is 2.19. The van der Waals surface area contributed by atoms with E-state index in [0.29, 0.717) is 0 Å². The van der Waals surface area contributed by atoms with Gasteiger partial charge < -0.3 is 9.84 Å². The number of aliphatic hydroxyl groups is 1. The molecule has 0 saturated heterocycles. The summed E-state index contributed by atoms with van der Waals surface area (Å²) in [7, 11) is 1.70. The number of ether oxygens (including phenoxy) is 1. The van der Waals surface area contributed by atoms with E-state index in [-0.39, 0.29) is 5.41 Å². The Bertz CT molecular complexity index is 411. The zero-order valence-electron chi connectivity index (χ0n) is 11.2. The van der Waals surface area contributed by atoms with Crippen molar-refractivity contribution in [1.29, 1.82) is 0 Å². The molecule has 0 aliphatic heterocycles. The molecule has 17 heavy (non-hydrogen) atoms. The first kappa shape index (κ1) is 12.4. The number of hydrogen-bond acceptors (Lipinski definition) is 2. The predicted molar refractivity (Wildman–Crippen MR) is 69.4 cm³/mol. The predicted octanol–water partition coefficient (Wildman–Crippen LogP) is 3.36. The molecule has 1 saturated carbocycles. The molecule has 94 valence electrons. The van der Waals surface area contributed by atoms with Crippen LogP contribution in [0.1, 0.15) is 51.2 Å². The van der Waals surface area contributed by atoms with Crippen LogP contribution in [0.5, 0.6) is 5.75 Å². The highest BCUT2D eigenvalue weighted by Gasteiger charge is 2.37. The standard InChI is InChI=1S/C15H22O2/c1-14(2,3)12-10-11(6-7-13(12)17-4)15(16)8-5-9-15/h6-7,10,16H,5,8-9H2,1-4H3. The van der Waals surface area contributed by atoms with Gasteiger partial charge in [0.05, 0.1) is 12.7 Å². The Morgan fingerprint density at radius 3 is 2.29 bits per heavy atom. The Kier molecular flexibility index (Phi) is 2.94. The first-order valence-corrected chi connectivity index (χ1v) is 6.28. The van der Waals surface area contributed by atoms with Gasteiger partial charge in [0.15, 0.2) is 0 Å². The lowest BCUT2D eigenvalue weighted by atomic mass is 9.73. The maximum Gasteiger partial charge on any atom is 0.122 e. The van der Waals surface area contributed by atoms with Gasteiger partial charge in [-0.1, -0.05) is 26.8 Å². The molecule has 1 fully saturated rings. The molecule has 0 unspecified atom stereocenters. The Balaban J connectivity index is 2.45. The van der Waals surface area contributed by atoms with Gasteiger partial charge in [0.25, 0.3) is 0 Å². The third-order valence-corrected chi connectivity index (χ3v) is 3.73. The van der Waals surface area contributed by atoms with Crippen molar-refractivity contribution < 1.29 is 9.84 Å². The van der Waals surface area contributed by atoms with Crippen LogP contribution in [-0.4, -0.2) is 12.2 Å². The van der Waals surface area contributed by atoms with Crippen molar-refractivity contribution in [2.24, 2.45) is 0 Å². The highest BCUT2D eigenvalue weighted by atomic mass is 16.5. The van der Waals surface area contributed by atoms with E-state index >= 15 is 0 Å². The van der Waals surface area contributed by atoms with E-state index < -0.39 is 5.60 Å². The zero-order chi connectivity index (χ0) is 12.7. The molecular weight excluding hydrogens is 212 g/mol. The lowest BCUT2D eigenvalue weighted by molar-refractivity contribution is -0.0389. The van der Waals surface area contributed by atoms with Crippen molar-refractivity contribution in [3.63, 3.8) is 0 Å². The molecule has 2 heteroatoms. The SMILES string of the molecule is COc1ccc(C2(O)CCC2)cc1C(C)(C)C. The van der Waals surface area contributed by atoms with Gasteiger partial charge in [0.2, 0.25) is 0 Å². The van der Waals surface area contributed by atoms with Crippen LogP contribution in [0.3, 0.4) is 0 Å². The molecule has 1 aliphatic carbocycles. The summed E-state index contributed by atoms with van der Waals surface area (Å²) in [6, 6.07) is 6.08. The lowest BCUT2D eigenvalue weighted by Gasteiger charge is -2.38. The van der Waals surface area contributed by atoms with Crippen LogP contribution in [0.25, 0.3) is 0 Å². The second-order valence-corrected chi connectivity index (χ2v) is 6.05. The summed E-state index contributed by atoms with van der Waals surface area (Å²) in [6.07, 6.45) is 2.87. The monoisotopic (exact) mass is 234 g/mol. The molecule has 0 bridgehead atoms. The summed E-state index contributed by atoms with van der Waals surface area (Å²) in [5.41, 5.74) is 1.64. The van der Waals surface area contributed by atoms with Crippen molar-refractivity contribution in [3.8, 4) is 5.75 Å². The second-order valence-electron chi connectivity index (χ2n) is 6.05. The summed E-state index contributed by atoms with van der Waals surface area (Å²) in [5, 5.41) is 10.4. The van der Waals surface area contributed by atoms with Crippen LogP contribution in [0.15, 0.2) is 18.2 Å². The molecule has 0 spiro atoms. The van der Waals surface area contributed by atoms with E-state index in [4.69, 9.17) is 4.74 Å². The second kappa shape index (κ2) is 4.02. The van der Waals surface area contributed by atoms with Crippen LogP contribution in [-0.2, 0) is 11.0 Å². The van der Waals surface area contributed by atoms with E-state index in [9.17, 15) is 5.11 Å². The smallest absolute Gasteiger partial charge is 0.122 e. The van der Waals surface area contributed by atoms with Crippen molar-refractivity contribution in [2.45, 2.75) is 51.0 Å². The van der Waals surface area contributed by atoms with E-state index in [1.807, 2.05) is 12.1 Å². The Labute approximate surface area is 104 Å². The Morgan fingerprint density at radius 1 is 1.24 bits per heavy atom. The fourth-order valence-electron chi connectivity index (χ4n) is 2.38. The van der Waals surface area contributed by atoms with Gasteiger partial charge in [-0.05, 0) is 47.9 Å². The quantitative estimate of drug-likeness (QED) is 0.850. The van der Waals surface area contributed by atoms with E-state index in [2.05, 4.69) is 26.8 Å². The topological polar surface area (TPSA) is 29.5 Å². The lowest BCUT2D eigenvalue weighted by Crippen LogP contribution is -2.34. The molecule has 1 aromatic rings. The van der Waals surface area contributed by atoms with Crippen LogP contribution >= 0.6 is 0 Å². The van der Waals surface area contributed by atoms with Crippen molar-refractivity contribution in [3.05, 3.63) is 29.3 Å². The van der Waals surface area contributed by atoms with Gasteiger partial charge in [-0.3, -0.25) is 0 Å². The summed E-state index contributed by atoms with van der Waals surface area (Å²) in [6.45, 7) is 6.50. The minimum Gasteiger partial charge on any atom is -0.496 e. The normalized spacial score (nSPS) is 18.6. The third-order valence-electron chi connectivity index (χ3n) is 3.73. The highest BCUT2D eigenvalue weighted by molar-refractivity contribution is 5.43. The average Bonchev–Trinajstić information content (AvgIpc) is 2.24. The van der Waals surface area contributed by atoms with Gasteiger partial charge >= 0.3 is 0 Å². The molecule has 1 aromatic carbocycles. The minimum atomic E-state index is -0.591. The number of hydrogen-bond donors (Lipinski definition) is 1. The molecule has 1 aliphatic rings. The highest BCUT2D eigenvalue weighted by Crippen LogP contribution is 2.43. The Hall–Kier alpha value is -1.02. The first-order chi connectivity index (χ1) is 7.87. The van der Waals surface area contributed by atoms with Gasteiger partial charge in [-0.15, -0.1) is 0 Å². The van der Waals surface area contributed by atoms with Gasteiger partial charge in [-0.2, -0.15) is 0 Å². The van der Waals surface area contributed by atoms with Crippen LogP contribution in [0.4, 0.5) is 0 Å². The molecule has 1 N–H and O–H groups in total. The van der Waals surface area contributed by atoms with Crippen molar-refractivity contribution in [2.75, 3.05) is 7.11 Å². The summed E-state index contributed by atoms with van der Waals surface area (Å²) in [4.78, 5) is 0. The number of benzene rings is 1. The molecule has 0 atom stereocenters. The number of rotatable bonds is 2. The molecule has 0 heterocycles. The van der Waals surface area contributed by atoms with Crippen LogP contribution < -0.4 is 4.74 Å². The van der Waals surface area contributed by atoms with Crippen LogP contribution in [0, 0.1) is 0 Å². The Morgan fingerprint density at radius 2 is 1.88 bits per heavy atom. The first-order valence-electron chi connectivity index (χ1n) is 6.28. The maximum atomic E-state index is 10.4. The molecule has 2 nitrogen and oxygen atoms in total. The average molecular weight is 234 g/mol. The fourth-order valence-corrected chi connectivity index (χ4v) is 2.38. The van der Waals surface area contributed by atoms with Gasteiger partial charge in [0.1, 0.15) is 5.75 Å². The van der Waals surface area contributed by atoms with E-state index in [1.165, 1.54) is 0 Å². The van der Waals surface area contributed by atoms with Gasteiger partial charge in [-0.25, -0.2) is 0 Å². The zero-order valence-corrected chi connectivity index (χ0v) is 11.2. The van der Waals surface area contributed by atoms with E-state index in [0.717, 1.165) is 36.1 Å². The number of methoxy groups -OCH3 is 1. The largest absolute Gasteiger partial charge is 0.496 e. The van der Waals surface area contributed by atoms with Crippen molar-refractivity contribution in [1.82, 2.24) is 0 Å². The van der Waals surface area contributed by atoms with Crippen molar-refractivity contribution >= 4 is 0 Å². The molecular formula is C15H22O2. The summed E-state index contributed by atoms with van der Waals surface area (Å²) >= 11 is 0. The van der Waals surface area contributed by atoms with Gasteiger partial charge in [0, 0.05) is 0 Å². The molecule has 0 radical (unpaired) electrons. The summed E-state index contributed by atoms with van der Waals surface area (Å²) in [5.74, 6) is 0.907. The minimum absolute atomic E-state index is 0.0292. The molecule has 2 rings (SSSR count). The molecule has 0 aromatic heterocycles. The van der Waals surface area contributed by atoms with E-state index in [1.54, 1.807) is 7.11 Å². The molecule has 0 amide bonds.